The molecule has 15 heavy (non-hydrogen) atoms. The molecule has 0 aliphatic carbocycles. The number of rotatable bonds is 6. The monoisotopic (exact) mass is 230 g/mol. The molecule has 0 amide bonds. The first kappa shape index (κ1) is 12.1. The zero-order valence-electron chi connectivity index (χ0n) is 9.07. The Balaban J connectivity index is 2.31. The fraction of sp³-hybridized carbons (Fsp3) is 0.600. The lowest BCUT2D eigenvalue weighted by Gasteiger charge is -2.02. The minimum absolute atomic E-state index is 0.443. The van der Waals surface area contributed by atoms with Crippen LogP contribution in [0, 0.1) is 0 Å². The molecule has 0 saturated carbocycles. The highest BCUT2D eigenvalue weighted by atomic mass is 32.2. The van der Waals surface area contributed by atoms with Crippen LogP contribution in [0.4, 0.5) is 11.6 Å². The van der Waals surface area contributed by atoms with Crippen LogP contribution in [0.15, 0.2) is 11.2 Å². The van der Waals surface area contributed by atoms with Gasteiger partial charge in [-0.1, -0.05) is 37.9 Å². The van der Waals surface area contributed by atoms with E-state index in [4.69, 9.17) is 11.5 Å². The summed E-state index contributed by atoms with van der Waals surface area (Å²) >= 11 is 1.62. The van der Waals surface area contributed by atoms with Gasteiger partial charge in [-0.15, -0.1) is 0 Å². The van der Waals surface area contributed by atoms with Crippen molar-refractivity contribution < 1.29 is 0 Å². The molecule has 0 bridgehead atoms. The van der Waals surface area contributed by atoms with Crippen molar-refractivity contribution in [3.63, 3.8) is 0 Å². The van der Waals surface area contributed by atoms with E-state index >= 15 is 0 Å². The average molecular weight is 230 g/mol. The van der Waals surface area contributed by atoms with Crippen LogP contribution < -0.4 is 11.5 Å². The average Bonchev–Trinajstić information content (AvgIpc) is 2.16. The van der Waals surface area contributed by atoms with Crippen molar-refractivity contribution in [2.75, 3.05) is 17.2 Å². The molecule has 1 aromatic rings. The van der Waals surface area contributed by atoms with Gasteiger partial charge in [-0.3, -0.25) is 0 Å². The highest BCUT2D eigenvalue weighted by molar-refractivity contribution is 7.99. The summed E-state index contributed by atoms with van der Waals surface area (Å²) in [6, 6.07) is 1.57. The zero-order chi connectivity index (χ0) is 11.1. The Hall–Kier alpha value is -0.970. The van der Waals surface area contributed by atoms with Crippen LogP contribution in [0.25, 0.3) is 0 Å². The van der Waals surface area contributed by atoms with E-state index in [9.17, 15) is 0 Å². The first-order valence-corrected chi connectivity index (χ1v) is 6.23. The molecule has 0 aliphatic rings. The number of aromatic nitrogens is 2. The van der Waals surface area contributed by atoms with Crippen molar-refractivity contribution in [3.8, 4) is 0 Å². The number of unbranched alkanes of at least 4 members (excludes halogenated alkanes) is 3. The SMILES string of the molecule is CCCCCCSc1[15n]c([15NH2])cc([15NH2])[15n]1. The lowest BCUT2D eigenvalue weighted by molar-refractivity contribution is 0.706. The van der Waals surface area contributed by atoms with Crippen LogP contribution in [0.2, 0.25) is 0 Å². The Bertz CT molecular complexity index is 283. The van der Waals surface area contributed by atoms with Crippen molar-refractivity contribution in [2.24, 2.45) is 0 Å². The smallest absolute Gasteiger partial charge is 0.191 e. The molecule has 0 aliphatic heterocycles. The highest BCUT2D eigenvalue weighted by Crippen LogP contribution is 2.18. The molecule has 5 heteroatoms. The van der Waals surface area contributed by atoms with Crippen molar-refractivity contribution in [2.45, 2.75) is 37.8 Å². The summed E-state index contributed by atoms with van der Waals surface area (Å²) < 4.78 is 0. The topological polar surface area (TPSA) is 77.8 Å². The summed E-state index contributed by atoms with van der Waals surface area (Å²) in [4.78, 5) is 8.20. The molecule has 84 valence electrons. The van der Waals surface area contributed by atoms with Gasteiger partial charge in [0, 0.05) is 11.8 Å². The highest BCUT2D eigenvalue weighted by Gasteiger charge is 2.00. The standard InChI is InChI=1S/C10H18N4S/c1-2-3-4-5-6-15-10-13-8(11)7-9(12)14-10/h7H,2-6H2,1H3,(H4,11,12,13,14)/i11+1,12+1,13+1,14+1. The molecule has 4 N–H and O–H groups in total. The van der Waals surface area contributed by atoms with Crippen LogP contribution in [0.1, 0.15) is 32.6 Å². The van der Waals surface area contributed by atoms with E-state index in [1.807, 2.05) is 0 Å². The minimum atomic E-state index is 0.443. The fourth-order valence-corrected chi connectivity index (χ4v) is 2.09. The second kappa shape index (κ2) is 6.50. The van der Waals surface area contributed by atoms with Crippen LogP contribution in [-0.4, -0.2) is 15.7 Å². The molecule has 0 atom stereocenters. The normalized spacial score (nSPS) is 10.5. The maximum absolute atomic E-state index is 5.57. The summed E-state index contributed by atoms with van der Waals surface area (Å²) in [5.74, 6) is 1.92. The van der Waals surface area contributed by atoms with E-state index in [0.29, 0.717) is 16.8 Å². The van der Waals surface area contributed by atoms with Gasteiger partial charge in [-0.25, -0.2) is 9.97 Å². The Morgan fingerprint density at radius 1 is 1.13 bits per heavy atom. The number of nitrogen functional groups attached to an aromatic ring is 2. The third kappa shape index (κ3) is 4.88. The first-order chi connectivity index (χ1) is 7.22. The molecule has 0 aromatic carbocycles. The predicted molar refractivity (Wildman–Crippen MR) is 65.7 cm³/mol. The molecule has 1 heterocycles. The summed E-state index contributed by atoms with van der Waals surface area (Å²) in [7, 11) is 0. The van der Waals surface area contributed by atoms with Gasteiger partial charge in [0.25, 0.3) is 0 Å². The van der Waals surface area contributed by atoms with Gasteiger partial charge in [0.1, 0.15) is 11.6 Å². The molecule has 0 saturated heterocycles. The van der Waals surface area contributed by atoms with Gasteiger partial charge in [-0.05, 0) is 6.42 Å². The van der Waals surface area contributed by atoms with E-state index in [1.54, 1.807) is 17.8 Å². The predicted octanol–water partition coefficient (Wildman–Crippen LogP) is 2.31. The van der Waals surface area contributed by atoms with Crippen LogP contribution >= 0.6 is 11.8 Å². The summed E-state index contributed by atoms with van der Waals surface area (Å²) in [6.07, 6.45) is 5.00. The van der Waals surface area contributed by atoms with E-state index in [2.05, 4.69) is 16.9 Å². The van der Waals surface area contributed by atoms with Gasteiger partial charge >= 0.3 is 0 Å². The summed E-state index contributed by atoms with van der Waals surface area (Å²) in [5.41, 5.74) is 11.1. The van der Waals surface area contributed by atoms with Gasteiger partial charge < -0.3 is 11.5 Å². The zero-order valence-corrected chi connectivity index (χ0v) is 9.89. The fourth-order valence-electron chi connectivity index (χ4n) is 1.22. The Morgan fingerprint density at radius 3 is 2.40 bits per heavy atom. The van der Waals surface area contributed by atoms with Gasteiger partial charge in [-0.2, -0.15) is 0 Å². The lowest BCUT2D eigenvalue weighted by atomic mass is 10.2. The second-order valence-corrected chi connectivity index (χ2v) is 4.47. The second-order valence-electron chi connectivity index (χ2n) is 3.41. The van der Waals surface area contributed by atoms with Crippen molar-refractivity contribution in [1.82, 2.24) is 9.97 Å². The quantitative estimate of drug-likeness (QED) is 0.339. The Morgan fingerprint density at radius 2 is 1.80 bits per heavy atom. The Labute approximate surface area is 94.9 Å². The molecule has 0 unspecified atom stereocenters. The summed E-state index contributed by atoms with van der Waals surface area (Å²) in [5, 5.41) is 0.684. The van der Waals surface area contributed by atoms with Crippen molar-refractivity contribution in [1.29, 1.82) is 0 Å². The molecule has 0 spiro atoms. The molecular formula is C10H18N4S. The van der Waals surface area contributed by atoms with Crippen LogP contribution in [0.5, 0.6) is 0 Å². The molecule has 4 nitrogen and oxygen atoms in total. The number of nitrogens with two attached hydrogens (primary N) is 2. The first-order valence-electron chi connectivity index (χ1n) is 5.25. The van der Waals surface area contributed by atoms with E-state index in [0.717, 1.165) is 5.75 Å². The van der Waals surface area contributed by atoms with Crippen LogP contribution in [0.3, 0.4) is 0 Å². The molecular weight excluding hydrogens is 212 g/mol. The number of hydrogen-bond acceptors (Lipinski definition) is 5. The van der Waals surface area contributed by atoms with Crippen molar-refractivity contribution in [3.05, 3.63) is 6.07 Å². The number of anilines is 2. The lowest BCUT2D eigenvalue weighted by Crippen LogP contribution is -1.99. The molecule has 0 radical (unpaired) electrons. The third-order valence-corrected chi connectivity index (χ3v) is 2.91. The Kier molecular flexibility index (Phi) is 5.25. The van der Waals surface area contributed by atoms with E-state index < -0.39 is 0 Å². The maximum Gasteiger partial charge on any atom is 0.191 e. The number of nitrogens with zero attached hydrogens (tertiary/aromatic N) is 2. The molecule has 1 aromatic heterocycles. The molecule has 0 fully saturated rings. The minimum Gasteiger partial charge on any atom is -0.383 e. The van der Waals surface area contributed by atoms with Crippen LogP contribution in [-0.2, 0) is 0 Å². The largest absolute Gasteiger partial charge is 0.383 e. The van der Waals surface area contributed by atoms with Gasteiger partial charge in [0.2, 0.25) is 0 Å². The summed E-state index contributed by atoms with van der Waals surface area (Å²) in [6.45, 7) is 2.20. The number of hydrogen-bond donors (Lipinski definition) is 2. The van der Waals surface area contributed by atoms with Gasteiger partial charge in [0.05, 0.1) is 0 Å². The van der Waals surface area contributed by atoms with Crippen molar-refractivity contribution >= 4 is 23.4 Å². The third-order valence-electron chi connectivity index (χ3n) is 1.97. The number of thioether (sulfide) groups is 1. The molecule has 1 rings (SSSR count). The maximum atomic E-state index is 5.57. The van der Waals surface area contributed by atoms with Gasteiger partial charge in [0.15, 0.2) is 5.16 Å². The van der Waals surface area contributed by atoms with E-state index in [-0.39, 0.29) is 0 Å². The van der Waals surface area contributed by atoms with E-state index in [1.165, 1.54) is 25.7 Å².